The Hall–Kier alpha value is -2.73. The van der Waals surface area contributed by atoms with E-state index in [2.05, 4.69) is 4.74 Å². The Kier molecular flexibility index (Phi) is 5.09. The first-order valence-electron chi connectivity index (χ1n) is 7.52. The van der Waals surface area contributed by atoms with Gasteiger partial charge in [0.15, 0.2) is 11.5 Å². The van der Waals surface area contributed by atoms with E-state index >= 15 is 0 Å². The molecule has 1 aliphatic heterocycles. The molecule has 0 bridgehead atoms. The van der Waals surface area contributed by atoms with Crippen molar-refractivity contribution in [1.82, 2.24) is 0 Å². The lowest BCUT2D eigenvalue weighted by molar-refractivity contribution is 0.0470. The van der Waals surface area contributed by atoms with Crippen molar-refractivity contribution in [1.29, 1.82) is 0 Å². The minimum Gasteiger partial charge on any atom is -0.486 e. The Balaban J connectivity index is 1.66. The predicted molar refractivity (Wildman–Crippen MR) is 89.3 cm³/mol. The Morgan fingerprint density at radius 1 is 1.04 bits per heavy atom. The number of carbonyl (C=O) groups is 2. The largest absolute Gasteiger partial charge is 0.486 e. The molecule has 2 aromatic carbocycles. The first-order valence-corrected chi connectivity index (χ1v) is 7.90. The summed E-state index contributed by atoms with van der Waals surface area (Å²) < 4.78 is 20.8. The summed E-state index contributed by atoms with van der Waals surface area (Å²) in [6.45, 7) is 0.926. The third-order valence-electron chi connectivity index (χ3n) is 3.57. The van der Waals surface area contributed by atoms with Crippen LogP contribution in [-0.4, -0.2) is 32.3 Å². The van der Waals surface area contributed by atoms with Crippen LogP contribution in [-0.2, 0) is 16.1 Å². The molecule has 0 saturated carbocycles. The lowest BCUT2D eigenvalue weighted by Crippen LogP contribution is -2.16. The lowest BCUT2D eigenvalue weighted by atomic mass is 10.1. The van der Waals surface area contributed by atoms with Gasteiger partial charge in [0.2, 0.25) is 0 Å². The number of hydrogen-bond acceptors (Lipinski definition) is 6. The highest BCUT2D eigenvalue weighted by Crippen LogP contribution is 2.38. The molecule has 0 fully saturated rings. The molecule has 1 aliphatic rings. The van der Waals surface area contributed by atoms with E-state index in [1.165, 1.54) is 31.4 Å². The van der Waals surface area contributed by atoms with Crippen LogP contribution in [0.3, 0.4) is 0 Å². The van der Waals surface area contributed by atoms with Gasteiger partial charge in [-0.15, -0.1) is 0 Å². The van der Waals surface area contributed by atoms with Gasteiger partial charge in [-0.25, -0.2) is 9.59 Å². The van der Waals surface area contributed by atoms with Crippen molar-refractivity contribution >= 4 is 23.5 Å². The van der Waals surface area contributed by atoms with Gasteiger partial charge in [0.1, 0.15) is 19.8 Å². The van der Waals surface area contributed by atoms with Crippen LogP contribution >= 0.6 is 11.6 Å². The molecule has 3 rings (SSSR count). The fourth-order valence-corrected chi connectivity index (χ4v) is 2.63. The minimum absolute atomic E-state index is 0.0357. The van der Waals surface area contributed by atoms with Gasteiger partial charge in [0.05, 0.1) is 23.3 Å². The number of methoxy groups -OCH3 is 1. The number of benzene rings is 2. The van der Waals surface area contributed by atoms with E-state index in [0.717, 1.165) is 0 Å². The molecule has 0 saturated heterocycles. The summed E-state index contributed by atoms with van der Waals surface area (Å²) in [7, 11) is 1.29. The second kappa shape index (κ2) is 7.44. The molecule has 2 aromatic rings. The second-order valence-electron chi connectivity index (χ2n) is 5.25. The average Bonchev–Trinajstić information content (AvgIpc) is 2.65. The van der Waals surface area contributed by atoms with Gasteiger partial charge < -0.3 is 18.9 Å². The number of esters is 2. The zero-order chi connectivity index (χ0) is 17.8. The third kappa shape index (κ3) is 3.85. The molecule has 0 N–H and O–H groups in total. The van der Waals surface area contributed by atoms with Gasteiger partial charge in [-0.3, -0.25) is 0 Å². The van der Waals surface area contributed by atoms with E-state index in [9.17, 15) is 9.59 Å². The second-order valence-corrected chi connectivity index (χ2v) is 5.65. The van der Waals surface area contributed by atoms with Crippen LogP contribution in [0.25, 0.3) is 0 Å². The Morgan fingerprint density at radius 3 is 2.36 bits per heavy atom. The first-order chi connectivity index (χ1) is 12.1. The van der Waals surface area contributed by atoms with Crippen molar-refractivity contribution in [2.24, 2.45) is 0 Å². The van der Waals surface area contributed by atoms with Gasteiger partial charge >= 0.3 is 11.9 Å². The van der Waals surface area contributed by atoms with Crippen LogP contribution in [0.5, 0.6) is 11.5 Å². The van der Waals surface area contributed by atoms with Crippen LogP contribution < -0.4 is 9.47 Å². The summed E-state index contributed by atoms with van der Waals surface area (Å²) in [5, 5.41) is 0.408. The summed E-state index contributed by atoms with van der Waals surface area (Å²) in [6, 6.07) is 9.42. The predicted octanol–water partition coefficient (Wildman–Crippen LogP) is 3.25. The zero-order valence-corrected chi connectivity index (χ0v) is 14.2. The molecular weight excluding hydrogens is 348 g/mol. The molecule has 0 amide bonds. The standard InChI is InChI=1S/C18H15ClO6/c1-22-17(20)12-2-4-13(5-3-12)18(21)25-10-11-8-14(19)16-15(9-11)23-6-7-24-16/h2-5,8-9H,6-7,10H2,1H3. The molecule has 0 spiro atoms. The minimum atomic E-state index is -0.512. The van der Waals surface area contributed by atoms with E-state index in [0.29, 0.717) is 46.4 Å². The summed E-state index contributed by atoms with van der Waals surface area (Å²) >= 11 is 6.15. The van der Waals surface area contributed by atoms with Crippen molar-refractivity contribution in [3.63, 3.8) is 0 Å². The Morgan fingerprint density at radius 2 is 1.68 bits per heavy atom. The molecule has 0 atom stereocenters. The van der Waals surface area contributed by atoms with Gasteiger partial charge in [-0.05, 0) is 42.0 Å². The summed E-state index contributed by atoms with van der Waals surface area (Å²) in [5.41, 5.74) is 1.38. The fraction of sp³-hybridized carbons (Fsp3) is 0.222. The van der Waals surface area contributed by atoms with Crippen molar-refractivity contribution in [2.75, 3.05) is 20.3 Å². The van der Waals surface area contributed by atoms with Crippen molar-refractivity contribution < 1.29 is 28.5 Å². The maximum atomic E-state index is 12.1. The molecular formula is C18H15ClO6. The van der Waals surface area contributed by atoms with Crippen LogP contribution in [0.4, 0.5) is 0 Å². The van der Waals surface area contributed by atoms with Gasteiger partial charge in [0, 0.05) is 0 Å². The van der Waals surface area contributed by atoms with E-state index in [4.69, 9.17) is 25.8 Å². The topological polar surface area (TPSA) is 71.1 Å². The molecule has 25 heavy (non-hydrogen) atoms. The van der Waals surface area contributed by atoms with Crippen molar-refractivity contribution in [2.45, 2.75) is 6.61 Å². The van der Waals surface area contributed by atoms with E-state index < -0.39 is 11.9 Å². The average molecular weight is 363 g/mol. The van der Waals surface area contributed by atoms with Crippen LogP contribution in [0, 0.1) is 0 Å². The lowest BCUT2D eigenvalue weighted by Gasteiger charge is -2.20. The number of halogens is 1. The summed E-state index contributed by atoms with van der Waals surface area (Å²) in [6.07, 6.45) is 0. The van der Waals surface area contributed by atoms with Crippen LogP contribution in [0.15, 0.2) is 36.4 Å². The summed E-state index contributed by atoms with van der Waals surface area (Å²) in [5.74, 6) is 0.0573. The van der Waals surface area contributed by atoms with Crippen LogP contribution in [0.2, 0.25) is 5.02 Å². The Labute approximate surface area is 149 Å². The smallest absolute Gasteiger partial charge is 0.338 e. The van der Waals surface area contributed by atoms with Crippen LogP contribution in [0.1, 0.15) is 26.3 Å². The zero-order valence-electron chi connectivity index (χ0n) is 13.4. The highest BCUT2D eigenvalue weighted by molar-refractivity contribution is 6.32. The van der Waals surface area contributed by atoms with E-state index in [-0.39, 0.29) is 6.61 Å². The summed E-state index contributed by atoms with van der Waals surface area (Å²) in [4.78, 5) is 23.5. The maximum absolute atomic E-state index is 12.1. The highest BCUT2D eigenvalue weighted by Gasteiger charge is 2.17. The molecule has 0 aromatic heterocycles. The third-order valence-corrected chi connectivity index (χ3v) is 3.85. The molecule has 7 heteroatoms. The SMILES string of the molecule is COC(=O)c1ccc(C(=O)OCc2cc(Cl)c3c(c2)OCCO3)cc1. The molecule has 0 radical (unpaired) electrons. The van der Waals surface area contributed by atoms with Gasteiger partial charge in [-0.1, -0.05) is 11.6 Å². The maximum Gasteiger partial charge on any atom is 0.338 e. The number of rotatable bonds is 4. The normalized spacial score (nSPS) is 12.4. The quantitative estimate of drug-likeness (QED) is 0.777. The number of carbonyl (C=O) groups excluding carboxylic acids is 2. The molecule has 6 nitrogen and oxygen atoms in total. The molecule has 1 heterocycles. The molecule has 0 aliphatic carbocycles. The monoisotopic (exact) mass is 362 g/mol. The molecule has 0 unspecified atom stereocenters. The van der Waals surface area contributed by atoms with Gasteiger partial charge in [-0.2, -0.15) is 0 Å². The number of ether oxygens (including phenoxy) is 4. The van der Waals surface area contributed by atoms with Gasteiger partial charge in [0.25, 0.3) is 0 Å². The number of hydrogen-bond donors (Lipinski definition) is 0. The first kappa shape index (κ1) is 17.1. The highest BCUT2D eigenvalue weighted by atomic mass is 35.5. The van der Waals surface area contributed by atoms with Crippen molar-refractivity contribution in [3.8, 4) is 11.5 Å². The molecule has 130 valence electrons. The van der Waals surface area contributed by atoms with E-state index in [1.807, 2.05) is 0 Å². The van der Waals surface area contributed by atoms with Crippen molar-refractivity contribution in [3.05, 3.63) is 58.1 Å². The fourth-order valence-electron chi connectivity index (χ4n) is 2.34. The Bertz CT molecular complexity index is 800. The number of fused-ring (bicyclic) bond motifs is 1. The van der Waals surface area contributed by atoms with E-state index in [1.54, 1.807) is 12.1 Å².